The maximum Gasteiger partial charge on any atom is 0.224 e. The molecule has 23 heavy (non-hydrogen) atoms. The van der Waals surface area contributed by atoms with Crippen molar-refractivity contribution in [1.29, 1.82) is 0 Å². The maximum atomic E-state index is 11.7. The first kappa shape index (κ1) is 17.0. The standard InChI is InChI=1S/C15H19N3O4S/c1-18-11-12(10-16-18)17-15(19)4-3-9-22-13-5-7-14(8-6-13)23(2,20)21/h5-8,10-11H,3-4,9H2,1-2H3,(H,17,19). The number of hydrogen-bond acceptors (Lipinski definition) is 5. The molecule has 0 aliphatic heterocycles. The zero-order valence-electron chi connectivity index (χ0n) is 13.0. The fraction of sp³-hybridized carbons (Fsp3) is 0.333. The van der Waals surface area contributed by atoms with Crippen LogP contribution in [0.4, 0.5) is 5.69 Å². The Bertz CT molecular complexity index is 766. The molecule has 0 spiro atoms. The number of aromatic nitrogens is 2. The molecule has 0 saturated heterocycles. The molecule has 124 valence electrons. The average molecular weight is 337 g/mol. The Morgan fingerprint density at radius 1 is 1.30 bits per heavy atom. The number of amides is 1. The van der Waals surface area contributed by atoms with Crippen LogP contribution >= 0.6 is 0 Å². The summed E-state index contributed by atoms with van der Waals surface area (Å²) in [5.74, 6) is 0.471. The maximum absolute atomic E-state index is 11.7. The summed E-state index contributed by atoms with van der Waals surface area (Å²) in [6.45, 7) is 0.374. The van der Waals surface area contributed by atoms with Gasteiger partial charge in [-0.1, -0.05) is 0 Å². The minimum absolute atomic E-state index is 0.103. The summed E-state index contributed by atoms with van der Waals surface area (Å²) < 4.78 is 29.8. The predicted molar refractivity (Wildman–Crippen MR) is 86.1 cm³/mol. The molecule has 0 fully saturated rings. The number of nitrogens with zero attached hydrogens (tertiary/aromatic N) is 2. The van der Waals surface area contributed by atoms with Gasteiger partial charge in [0, 0.05) is 25.9 Å². The Morgan fingerprint density at radius 3 is 2.57 bits per heavy atom. The lowest BCUT2D eigenvalue weighted by Crippen LogP contribution is -2.12. The highest BCUT2D eigenvalue weighted by atomic mass is 32.2. The van der Waals surface area contributed by atoms with Crippen molar-refractivity contribution < 1.29 is 17.9 Å². The van der Waals surface area contributed by atoms with Gasteiger partial charge in [0.2, 0.25) is 5.91 Å². The molecule has 1 heterocycles. The van der Waals surface area contributed by atoms with E-state index in [1.54, 1.807) is 36.3 Å². The predicted octanol–water partition coefficient (Wildman–Crippen LogP) is 1.62. The Hall–Kier alpha value is -2.35. The first-order chi connectivity index (χ1) is 10.8. The topological polar surface area (TPSA) is 90.3 Å². The monoisotopic (exact) mass is 337 g/mol. The molecule has 8 heteroatoms. The minimum Gasteiger partial charge on any atom is -0.494 e. The molecule has 1 amide bonds. The molecule has 0 atom stereocenters. The van der Waals surface area contributed by atoms with Crippen molar-refractivity contribution in [3.8, 4) is 5.75 Å². The normalized spacial score (nSPS) is 11.2. The highest BCUT2D eigenvalue weighted by molar-refractivity contribution is 7.90. The molecule has 0 aliphatic carbocycles. The van der Waals surface area contributed by atoms with Gasteiger partial charge < -0.3 is 10.1 Å². The van der Waals surface area contributed by atoms with Crippen molar-refractivity contribution in [2.75, 3.05) is 18.2 Å². The smallest absolute Gasteiger partial charge is 0.224 e. The van der Waals surface area contributed by atoms with Crippen molar-refractivity contribution in [3.63, 3.8) is 0 Å². The number of nitrogens with one attached hydrogen (secondary N) is 1. The van der Waals surface area contributed by atoms with Crippen LogP contribution in [0.3, 0.4) is 0 Å². The van der Waals surface area contributed by atoms with E-state index >= 15 is 0 Å². The van der Waals surface area contributed by atoms with Gasteiger partial charge in [-0.05, 0) is 30.7 Å². The fourth-order valence-corrected chi connectivity index (χ4v) is 2.55. The summed E-state index contributed by atoms with van der Waals surface area (Å²) >= 11 is 0. The van der Waals surface area contributed by atoms with Gasteiger partial charge in [-0.2, -0.15) is 5.10 Å². The Balaban J connectivity index is 1.72. The van der Waals surface area contributed by atoms with Crippen LogP contribution in [0.25, 0.3) is 0 Å². The zero-order valence-corrected chi connectivity index (χ0v) is 13.8. The van der Waals surface area contributed by atoms with Crippen molar-refractivity contribution in [1.82, 2.24) is 9.78 Å². The highest BCUT2D eigenvalue weighted by Crippen LogP contribution is 2.16. The average Bonchev–Trinajstić information content (AvgIpc) is 2.88. The van der Waals surface area contributed by atoms with Crippen LogP contribution < -0.4 is 10.1 Å². The summed E-state index contributed by atoms with van der Waals surface area (Å²) in [7, 11) is -1.42. The van der Waals surface area contributed by atoms with E-state index < -0.39 is 9.84 Å². The Labute approximate surface area is 135 Å². The number of sulfone groups is 1. The van der Waals surface area contributed by atoms with E-state index in [4.69, 9.17) is 4.74 Å². The number of carbonyl (C=O) groups excluding carboxylic acids is 1. The molecule has 0 unspecified atom stereocenters. The zero-order chi connectivity index (χ0) is 16.9. The number of ether oxygens (including phenoxy) is 1. The SMILES string of the molecule is Cn1cc(NC(=O)CCCOc2ccc(S(C)(=O)=O)cc2)cn1. The van der Waals surface area contributed by atoms with Crippen LogP contribution in [0.1, 0.15) is 12.8 Å². The summed E-state index contributed by atoms with van der Waals surface area (Å²) in [5.41, 5.74) is 0.662. The largest absolute Gasteiger partial charge is 0.494 e. The van der Waals surface area contributed by atoms with Crippen molar-refractivity contribution in [3.05, 3.63) is 36.7 Å². The highest BCUT2D eigenvalue weighted by Gasteiger charge is 2.07. The molecule has 0 radical (unpaired) electrons. The molecule has 1 aromatic heterocycles. The van der Waals surface area contributed by atoms with Crippen LogP contribution in [0, 0.1) is 0 Å². The number of carbonyl (C=O) groups is 1. The number of anilines is 1. The number of rotatable bonds is 7. The number of hydrogen-bond donors (Lipinski definition) is 1. The molecule has 2 aromatic rings. The molecule has 0 aliphatic rings. The third-order valence-corrected chi connectivity index (χ3v) is 4.19. The van der Waals surface area contributed by atoms with Gasteiger partial charge in [0.05, 0.1) is 23.4 Å². The van der Waals surface area contributed by atoms with E-state index in [0.717, 1.165) is 6.26 Å². The molecule has 7 nitrogen and oxygen atoms in total. The van der Waals surface area contributed by atoms with Crippen LogP contribution in [0.5, 0.6) is 5.75 Å². The summed E-state index contributed by atoms with van der Waals surface area (Å²) in [4.78, 5) is 12.0. The van der Waals surface area contributed by atoms with Gasteiger partial charge in [-0.3, -0.25) is 9.48 Å². The van der Waals surface area contributed by atoms with Crippen LogP contribution in [0.2, 0.25) is 0 Å². The summed E-state index contributed by atoms with van der Waals surface area (Å²) in [5, 5.41) is 6.71. The number of benzene rings is 1. The van der Waals surface area contributed by atoms with E-state index in [9.17, 15) is 13.2 Å². The van der Waals surface area contributed by atoms with Gasteiger partial charge in [0.15, 0.2) is 9.84 Å². The lowest BCUT2D eigenvalue weighted by molar-refractivity contribution is -0.116. The van der Waals surface area contributed by atoms with Gasteiger partial charge in [0.1, 0.15) is 5.75 Å². The molecule has 0 bridgehead atoms. The molecule has 1 N–H and O–H groups in total. The van der Waals surface area contributed by atoms with E-state index in [2.05, 4.69) is 10.4 Å². The van der Waals surface area contributed by atoms with Gasteiger partial charge in [0.25, 0.3) is 0 Å². The fourth-order valence-electron chi connectivity index (χ4n) is 1.92. The third-order valence-electron chi connectivity index (χ3n) is 3.06. The molecule has 1 aromatic carbocycles. The first-order valence-electron chi connectivity index (χ1n) is 7.06. The second-order valence-corrected chi connectivity index (χ2v) is 7.16. The Morgan fingerprint density at radius 2 is 2.00 bits per heavy atom. The molecular formula is C15H19N3O4S. The molecule has 2 rings (SSSR count). The summed E-state index contributed by atoms with van der Waals surface area (Å²) in [6.07, 6.45) is 5.34. The molecule has 0 saturated carbocycles. The summed E-state index contributed by atoms with van der Waals surface area (Å²) in [6, 6.07) is 6.21. The first-order valence-corrected chi connectivity index (χ1v) is 8.95. The second-order valence-electron chi connectivity index (χ2n) is 5.15. The van der Waals surface area contributed by atoms with Crippen LogP contribution in [-0.4, -0.2) is 37.0 Å². The molecular weight excluding hydrogens is 318 g/mol. The van der Waals surface area contributed by atoms with Crippen molar-refractivity contribution in [2.24, 2.45) is 7.05 Å². The van der Waals surface area contributed by atoms with E-state index in [0.29, 0.717) is 30.9 Å². The number of aryl methyl sites for hydroxylation is 1. The third kappa shape index (κ3) is 5.41. The quantitative estimate of drug-likeness (QED) is 0.775. The second kappa shape index (κ2) is 7.28. The van der Waals surface area contributed by atoms with Gasteiger partial charge >= 0.3 is 0 Å². The van der Waals surface area contributed by atoms with Crippen LogP contribution in [-0.2, 0) is 21.7 Å². The van der Waals surface area contributed by atoms with Crippen molar-refractivity contribution >= 4 is 21.4 Å². The van der Waals surface area contributed by atoms with Crippen LogP contribution in [0.15, 0.2) is 41.6 Å². The van der Waals surface area contributed by atoms with E-state index in [-0.39, 0.29) is 10.8 Å². The minimum atomic E-state index is -3.20. The Kier molecular flexibility index (Phi) is 5.38. The van der Waals surface area contributed by atoms with Gasteiger partial charge in [-0.25, -0.2) is 8.42 Å². The van der Waals surface area contributed by atoms with E-state index in [1.807, 2.05) is 0 Å². The van der Waals surface area contributed by atoms with E-state index in [1.165, 1.54) is 12.1 Å². The van der Waals surface area contributed by atoms with Crippen molar-refractivity contribution in [2.45, 2.75) is 17.7 Å². The lowest BCUT2D eigenvalue weighted by atomic mass is 10.3. The van der Waals surface area contributed by atoms with Gasteiger partial charge in [-0.15, -0.1) is 0 Å². The lowest BCUT2D eigenvalue weighted by Gasteiger charge is -2.07.